The van der Waals surface area contributed by atoms with E-state index in [0.29, 0.717) is 0 Å². The van der Waals surface area contributed by atoms with Crippen molar-refractivity contribution in [2.24, 2.45) is 0 Å². The Balaban J connectivity index is 1.82. The maximum atomic E-state index is 4.53. The molecule has 0 amide bonds. The van der Waals surface area contributed by atoms with Crippen molar-refractivity contribution >= 4 is 34.6 Å². The van der Waals surface area contributed by atoms with Crippen LogP contribution in [0.1, 0.15) is 0 Å². The first-order valence-corrected chi connectivity index (χ1v) is 7.49. The molecule has 2 nitrogen and oxygen atoms in total. The van der Waals surface area contributed by atoms with Gasteiger partial charge in [-0.15, -0.1) is 11.3 Å². The van der Waals surface area contributed by atoms with E-state index in [9.17, 15) is 0 Å². The lowest BCUT2D eigenvalue weighted by Crippen LogP contribution is -1.74. The van der Waals surface area contributed by atoms with Crippen LogP contribution in [0.3, 0.4) is 0 Å². The number of aromatic nitrogens is 2. The molecule has 0 saturated heterocycles. The van der Waals surface area contributed by atoms with Gasteiger partial charge in [-0.1, -0.05) is 36.0 Å². The van der Waals surface area contributed by atoms with E-state index in [1.165, 1.54) is 16.4 Å². The molecular weight excluding hydrogens is 268 g/mol. The van der Waals surface area contributed by atoms with E-state index < -0.39 is 0 Å². The van der Waals surface area contributed by atoms with Crippen LogP contribution in [0, 0.1) is 0 Å². The van der Waals surface area contributed by atoms with E-state index in [0.717, 1.165) is 15.0 Å². The fourth-order valence-corrected chi connectivity index (χ4v) is 3.67. The summed E-state index contributed by atoms with van der Waals surface area (Å²) in [6.45, 7) is 0. The standard InChI is InChI=1S/C12H8N2S3/c1-2-5-9(6-3-1)16-12-13-11(14-17-12)10-7-4-8-15-10/h1-8H. The molecule has 5 heteroatoms. The van der Waals surface area contributed by atoms with Crippen LogP contribution in [0.25, 0.3) is 10.7 Å². The summed E-state index contributed by atoms with van der Waals surface area (Å²) in [5.41, 5.74) is 0. The zero-order valence-electron chi connectivity index (χ0n) is 8.74. The average molecular weight is 276 g/mol. The predicted octanol–water partition coefficient (Wildman–Crippen LogP) is 4.42. The third kappa shape index (κ3) is 2.57. The Morgan fingerprint density at radius 1 is 1.00 bits per heavy atom. The number of hydrogen-bond donors (Lipinski definition) is 0. The number of rotatable bonds is 3. The molecule has 0 radical (unpaired) electrons. The average Bonchev–Trinajstić information content (AvgIpc) is 3.00. The quantitative estimate of drug-likeness (QED) is 0.708. The molecule has 2 aromatic heterocycles. The van der Waals surface area contributed by atoms with E-state index in [4.69, 9.17) is 0 Å². The first-order chi connectivity index (χ1) is 8.42. The van der Waals surface area contributed by atoms with Crippen molar-refractivity contribution in [2.45, 2.75) is 9.24 Å². The van der Waals surface area contributed by atoms with Crippen molar-refractivity contribution in [3.05, 3.63) is 47.8 Å². The maximum Gasteiger partial charge on any atom is 0.184 e. The molecule has 17 heavy (non-hydrogen) atoms. The molecule has 0 aliphatic rings. The highest BCUT2D eigenvalue weighted by molar-refractivity contribution is 8.01. The lowest BCUT2D eigenvalue weighted by molar-refractivity contribution is 1.23. The van der Waals surface area contributed by atoms with Crippen molar-refractivity contribution in [3.8, 4) is 10.7 Å². The Bertz CT molecular complexity index is 587. The SMILES string of the molecule is c1ccc(Sc2nc(-c3cccs3)ns2)cc1. The Morgan fingerprint density at radius 2 is 1.88 bits per heavy atom. The van der Waals surface area contributed by atoms with Gasteiger partial charge in [0.25, 0.3) is 0 Å². The summed E-state index contributed by atoms with van der Waals surface area (Å²) in [4.78, 5) is 6.85. The van der Waals surface area contributed by atoms with Crippen LogP contribution in [0.2, 0.25) is 0 Å². The van der Waals surface area contributed by atoms with Crippen LogP contribution in [-0.4, -0.2) is 9.36 Å². The topological polar surface area (TPSA) is 25.8 Å². The van der Waals surface area contributed by atoms with Crippen LogP contribution in [0.4, 0.5) is 0 Å². The van der Waals surface area contributed by atoms with Crippen molar-refractivity contribution in [1.29, 1.82) is 0 Å². The third-order valence-electron chi connectivity index (χ3n) is 2.10. The van der Waals surface area contributed by atoms with Crippen molar-refractivity contribution in [2.75, 3.05) is 0 Å². The largest absolute Gasteiger partial charge is 0.207 e. The van der Waals surface area contributed by atoms with Gasteiger partial charge in [0.1, 0.15) is 0 Å². The minimum atomic E-state index is 0.837. The molecule has 0 fully saturated rings. The highest BCUT2D eigenvalue weighted by Crippen LogP contribution is 2.31. The van der Waals surface area contributed by atoms with E-state index >= 15 is 0 Å². The second-order valence-electron chi connectivity index (χ2n) is 3.28. The number of hydrogen-bond acceptors (Lipinski definition) is 5. The minimum Gasteiger partial charge on any atom is -0.207 e. The third-order valence-corrected chi connectivity index (χ3v) is 4.72. The van der Waals surface area contributed by atoms with E-state index in [-0.39, 0.29) is 0 Å². The lowest BCUT2D eigenvalue weighted by Gasteiger charge is -1.94. The maximum absolute atomic E-state index is 4.53. The summed E-state index contributed by atoms with van der Waals surface area (Å²) in [6, 6.07) is 14.3. The van der Waals surface area contributed by atoms with Gasteiger partial charge in [0, 0.05) is 4.90 Å². The molecule has 0 unspecified atom stereocenters. The van der Waals surface area contributed by atoms with Gasteiger partial charge in [0.15, 0.2) is 10.2 Å². The van der Waals surface area contributed by atoms with Gasteiger partial charge in [-0.3, -0.25) is 0 Å². The molecule has 0 atom stereocenters. The Morgan fingerprint density at radius 3 is 2.65 bits per heavy atom. The zero-order valence-corrected chi connectivity index (χ0v) is 11.2. The molecule has 0 aliphatic carbocycles. The fraction of sp³-hybridized carbons (Fsp3) is 0. The number of benzene rings is 1. The second kappa shape index (κ2) is 5.00. The molecule has 3 rings (SSSR count). The summed E-state index contributed by atoms with van der Waals surface area (Å²) in [5, 5.41) is 2.04. The summed E-state index contributed by atoms with van der Waals surface area (Å²) in [7, 11) is 0. The van der Waals surface area contributed by atoms with Gasteiger partial charge >= 0.3 is 0 Å². The lowest BCUT2D eigenvalue weighted by atomic mass is 10.4. The molecule has 1 aromatic carbocycles. The summed E-state index contributed by atoms with van der Waals surface area (Å²) >= 11 is 4.77. The van der Waals surface area contributed by atoms with Gasteiger partial charge in [0.2, 0.25) is 0 Å². The predicted molar refractivity (Wildman–Crippen MR) is 73.8 cm³/mol. The molecule has 0 bridgehead atoms. The van der Waals surface area contributed by atoms with Gasteiger partial charge in [0.05, 0.1) is 4.88 Å². The summed E-state index contributed by atoms with van der Waals surface area (Å²) < 4.78 is 5.36. The van der Waals surface area contributed by atoms with Gasteiger partial charge in [-0.05, 0) is 35.1 Å². The van der Waals surface area contributed by atoms with Crippen LogP contribution in [-0.2, 0) is 0 Å². The highest BCUT2D eigenvalue weighted by atomic mass is 32.2. The Hall–Kier alpha value is -1.17. The van der Waals surface area contributed by atoms with Crippen molar-refractivity contribution < 1.29 is 0 Å². The Kier molecular flexibility index (Phi) is 3.22. The monoisotopic (exact) mass is 276 g/mol. The van der Waals surface area contributed by atoms with E-state index in [1.54, 1.807) is 23.1 Å². The number of thiophene rings is 1. The molecule has 0 saturated carbocycles. The molecule has 0 N–H and O–H groups in total. The summed E-state index contributed by atoms with van der Waals surface area (Å²) in [5.74, 6) is 0.837. The first kappa shape index (κ1) is 11.0. The van der Waals surface area contributed by atoms with Crippen molar-refractivity contribution in [1.82, 2.24) is 9.36 Å². The highest BCUT2D eigenvalue weighted by Gasteiger charge is 2.08. The van der Waals surface area contributed by atoms with Gasteiger partial charge < -0.3 is 0 Å². The smallest absolute Gasteiger partial charge is 0.184 e. The van der Waals surface area contributed by atoms with Crippen LogP contribution < -0.4 is 0 Å². The molecule has 84 valence electrons. The van der Waals surface area contributed by atoms with E-state index in [2.05, 4.69) is 21.5 Å². The molecule has 3 aromatic rings. The summed E-state index contributed by atoms with van der Waals surface area (Å²) in [6.07, 6.45) is 0. The van der Waals surface area contributed by atoms with Crippen molar-refractivity contribution in [3.63, 3.8) is 0 Å². The Labute approximate surface area is 112 Å². The molecule has 2 heterocycles. The molecule has 0 aliphatic heterocycles. The first-order valence-electron chi connectivity index (χ1n) is 5.02. The van der Waals surface area contributed by atoms with Crippen LogP contribution in [0.15, 0.2) is 57.1 Å². The molecule has 0 spiro atoms. The fourth-order valence-electron chi connectivity index (χ4n) is 1.35. The van der Waals surface area contributed by atoms with Crippen LogP contribution >= 0.6 is 34.6 Å². The normalized spacial score (nSPS) is 10.6. The minimum absolute atomic E-state index is 0.837. The number of nitrogens with zero attached hydrogens (tertiary/aromatic N) is 2. The van der Waals surface area contributed by atoms with Gasteiger partial charge in [-0.25, -0.2) is 4.98 Å². The van der Waals surface area contributed by atoms with Crippen LogP contribution in [0.5, 0.6) is 0 Å². The molecular formula is C12H8N2S3. The zero-order chi connectivity index (χ0) is 11.5. The second-order valence-corrected chi connectivity index (χ2v) is 6.30. The van der Waals surface area contributed by atoms with Gasteiger partial charge in [-0.2, -0.15) is 4.37 Å². The van der Waals surface area contributed by atoms with E-state index in [1.807, 2.05) is 35.7 Å².